The molecule has 0 aromatic heterocycles. The number of allylic oxidation sites excluding steroid dienone is 2. The van der Waals surface area contributed by atoms with Crippen molar-refractivity contribution in [1.82, 2.24) is 0 Å². The Morgan fingerprint density at radius 2 is 1.32 bits per heavy atom. The third-order valence-corrected chi connectivity index (χ3v) is 6.20. The Kier molecular flexibility index (Phi) is 8.06. The van der Waals surface area contributed by atoms with Crippen LogP contribution in [-0.2, 0) is 0 Å². The molecule has 2 saturated carbocycles. The summed E-state index contributed by atoms with van der Waals surface area (Å²) >= 11 is 0. The van der Waals surface area contributed by atoms with E-state index in [4.69, 9.17) is 5.26 Å². The van der Waals surface area contributed by atoms with E-state index >= 15 is 0 Å². The summed E-state index contributed by atoms with van der Waals surface area (Å²) in [5.74, 6) is 3.34. The Hall–Kier alpha value is -0.770. The number of unbranched alkanes of at least 4 members (excludes halogenated alkanes) is 1. The molecule has 2 aliphatic carbocycles. The largest absolute Gasteiger partial charge is 0.198 e. The van der Waals surface area contributed by atoms with E-state index in [0.29, 0.717) is 5.92 Å². The van der Waals surface area contributed by atoms with Gasteiger partial charge in [0.15, 0.2) is 0 Å². The molecule has 0 heterocycles. The molecule has 0 aromatic carbocycles. The predicted octanol–water partition coefficient (Wildman–Crippen LogP) is 6.65. The Morgan fingerprint density at radius 3 is 1.82 bits per heavy atom. The average molecular weight is 302 g/mol. The summed E-state index contributed by atoms with van der Waals surface area (Å²) < 4.78 is 0. The highest BCUT2D eigenvalue weighted by atomic mass is 14.3. The maximum absolute atomic E-state index is 8.97. The van der Waals surface area contributed by atoms with Crippen LogP contribution in [0.5, 0.6) is 0 Å². The topological polar surface area (TPSA) is 23.8 Å². The number of nitriles is 1. The van der Waals surface area contributed by atoms with E-state index in [2.05, 4.69) is 25.1 Å². The molecule has 22 heavy (non-hydrogen) atoms. The monoisotopic (exact) mass is 301 g/mol. The van der Waals surface area contributed by atoms with Gasteiger partial charge in [0.05, 0.1) is 6.07 Å². The van der Waals surface area contributed by atoms with Gasteiger partial charge in [-0.05, 0) is 63.2 Å². The standard InChI is InChI=1S/C21H35N/c1-2-3-4-5-6-18-7-9-19(10-8-18)11-12-20-13-15-21(17-22)16-14-20/h2-3,18-21H,4-16H2,1H3/b3-2-/t18-,19-,20?,21?. The summed E-state index contributed by atoms with van der Waals surface area (Å²) in [4.78, 5) is 0. The fraction of sp³-hybridized carbons (Fsp3) is 0.857. The van der Waals surface area contributed by atoms with Gasteiger partial charge in [-0.15, -0.1) is 0 Å². The first kappa shape index (κ1) is 17.6. The van der Waals surface area contributed by atoms with Crippen LogP contribution < -0.4 is 0 Å². The predicted molar refractivity (Wildman–Crippen MR) is 94.4 cm³/mol. The molecule has 0 N–H and O–H groups in total. The van der Waals surface area contributed by atoms with Gasteiger partial charge in [-0.2, -0.15) is 5.26 Å². The average Bonchev–Trinajstić information content (AvgIpc) is 2.58. The van der Waals surface area contributed by atoms with E-state index in [0.717, 1.165) is 17.8 Å². The molecule has 0 bridgehead atoms. The minimum atomic E-state index is 0.370. The fourth-order valence-corrected chi connectivity index (χ4v) is 4.55. The van der Waals surface area contributed by atoms with Crippen molar-refractivity contribution in [2.45, 2.75) is 90.4 Å². The minimum Gasteiger partial charge on any atom is -0.198 e. The molecule has 0 saturated heterocycles. The number of nitrogens with zero attached hydrogens (tertiary/aromatic N) is 1. The smallest absolute Gasteiger partial charge is 0.0655 e. The lowest BCUT2D eigenvalue weighted by molar-refractivity contribution is 0.221. The molecule has 1 heteroatoms. The van der Waals surface area contributed by atoms with Crippen molar-refractivity contribution in [3.63, 3.8) is 0 Å². The van der Waals surface area contributed by atoms with E-state index in [-0.39, 0.29) is 0 Å². The number of rotatable bonds is 7. The highest BCUT2D eigenvalue weighted by Crippen LogP contribution is 2.37. The molecule has 0 aromatic rings. The maximum atomic E-state index is 8.97. The minimum absolute atomic E-state index is 0.370. The zero-order valence-electron chi connectivity index (χ0n) is 14.6. The Morgan fingerprint density at radius 1 is 0.818 bits per heavy atom. The quantitative estimate of drug-likeness (QED) is 0.381. The molecule has 1 nitrogen and oxygen atoms in total. The van der Waals surface area contributed by atoms with Gasteiger partial charge in [0.1, 0.15) is 0 Å². The molecule has 2 fully saturated rings. The molecule has 0 radical (unpaired) electrons. The molecule has 2 rings (SSSR count). The van der Waals surface area contributed by atoms with Crippen molar-refractivity contribution in [3.05, 3.63) is 12.2 Å². The second kappa shape index (κ2) is 10.1. The summed E-state index contributed by atoms with van der Waals surface area (Å²) in [7, 11) is 0. The van der Waals surface area contributed by atoms with Crippen LogP contribution in [0.15, 0.2) is 12.2 Å². The zero-order valence-corrected chi connectivity index (χ0v) is 14.6. The van der Waals surface area contributed by atoms with Crippen molar-refractivity contribution in [2.75, 3.05) is 0 Å². The number of hydrogen-bond donors (Lipinski definition) is 0. The van der Waals surface area contributed by atoms with Crippen LogP contribution in [0.1, 0.15) is 90.4 Å². The van der Waals surface area contributed by atoms with E-state index in [1.165, 1.54) is 83.5 Å². The van der Waals surface area contributed by atoms with Crippen LogP contribution in [0.2, 0.25) is 0 Å². The van der Waals surface area contributed by atoms with Crippen LogP contribution in [-0.4, -0.2) is 0 Å². The Labute approximate surface area is 138 Å². The molecule has 124 valence electrons. The third-order valence-electron chi connectivity index (χ3n) is 6.20. The normalized spacial score (nSPS) is 32.9. The second-order valence-corrected chi connectivity index (χ2v) is 7.81. The number of hydrogen-bond acceptors (Lipinski definition) is 1. The van der Waals surface area contributed by atoms with E-state index in [1.54, 1.807) is 0 Å². The van der Waals surface area contributed by atoms with Crippen LogP contribution >= 0.6 is 0 Å². The van der Waals surface area contributed by atoms with Crippen molar-refractivity contribution in [3.8, 4) is 6.07 Å². The highest BCUT2D eigenvalue weighted by molar-refractivity contribution is 4.87. The molecule has 0 atom stereocenters. The molecule has 0 unspecified atom stereocenters. The van der Waals surface area contributed by atoms with Crippen LogP contribution in [0.4, 0.5) is 0 Å². The third kappa shape index (κ3) is 6.15. The van der Waals surface area contributed by atoms with Crippen LogP contribution in [0.25, 0.3) is 0 Å². The lowest BCUT2D eigenvalue weighted by Crippen LogP contribution is -2.17. The van der Waals surface area contributed by atoms with Crippen molar-refractivity contribution < 1.29 is 0 Å². The lowest BCUT2D eigenvalue weighted by Gasteiger charge is -2.31. The van der Waals surface area contributed by atoms with Gasteiger partial charge in [-0.1, -0.05) is 57.1 Å². The maximum Gasteiger partial charge on any atom is 0.0655 e. The summed E-state index contributed by atoms with van der Waals surface area (Å²) in [6, 6.07) is 2.46. The van der Waals surface area contributed by atoms with Gasteiger partial charge >= 0.3 is 0 Å². The van der Waals surface area contributed by atoms with Gasteiger partial charge in [0.25, 0.3) is 0 Å². The van der Waals surface area contributed by atoms with Gasteiger partial charge < -0.3 is 0 Å². The second-order valence-electron chi connectivity index (χ2n) is 7.81. The molecule has 2 aliphatic rings. The van der Waals surface area contributed by atoms with E-state index in [1.807, 2.05) is 0 Å². The van der Waals surface area contributed by atoms with Crippen LogP contribution in [0.3, 0.4) is 0 Å². The zero-order chi connectivity index (χ0) is 15.6. The lowest BCUT2D eigenvalue weighted by atomic mass is 9.75. The first-order valence-electron chi connectivity index (χ1n) is 9.82. The Bertz CT molecular complexity index is 349. The summed E-state index contributed by atoms with van der Waals surface area (Å²) in [5, 5.41) is 8.97. The Balaban J connectivity index is 1.53. The van der Waals surface area contributed by atoms with Crippen molar-refractivity contribution in [2.24, 2.45) is 23.7 Å². The molecular weight excluding hydrogens is 266 g/mol. The fourth-order valence-electron chi connectivity index (χ4n) is 4.55. The summed E-state index contributed by atoms with van der Waals surface area (Å²) in [6.07, 6.45) is 22.4. The van der Waals surface area contributed by atoms with Gasteiger partial charge in [-0.3, -0.25) is 0 Å². The molecule has 0 aliphatic heterocycles. The van der Waals surface area contributed by atoms with E-state index in [9.17, 15) is 0 Å². The first-order valence-corrected chi connectivity index (χ1v) is 9.82. The van der Waals surface area contributed by atoms with Gasteiger partial charge in [-0.25, -0.2) is 0 Å². The van der Waals surface area contributed by atoms with Crippen molar-refractivity contribution in [1.29, 1.82) is 5.26 Å². The van der Waals surface area contributed by atoms with E-state index < -0.39 is 0 Å². The van der Waals surface area contributed by atoms with Crippen molar-refractivity contribution >= 4 is 0 Å². The molecule has 0 amide bonds. The van der Waals surface area contributed by atoms with Gasteiger partial charge in [0.2, 0.25) is 0 Å². The first-order chi connectivity index (χ1) is 10.8. The SMILES string of the molecule is C/C=C\CCC[C@H]1CC[C@H](CCC2CCC(C#N)CC2)CC1. The van der Waals surface area contributed by atoms with Crippen LogP contribution in [0, 0.1) is 35.0 Å². The molecular formula is C21H35N. The summed E-state index contributed by atoms with van der Waals surface area (Å²) in [5.41, 5.74) is 0. The molecule has 0 spiro atoms. The summed E-state index contributed by atoms with van der Waals surface area (Å²) in [6.45, 7) is 2.12. The highest BCUT2D eigenvalue weighted by Gasteiger charge is 2.24. The van der Waals surface area contributed by atoms with Gasteiger partial charge in [0, 0.05) is 5.92 Å².